The first kappa shape index (κ1) is 15.3. The van der Waals surface area contributed by atoms with Crippen molar-refractivity contribution in [3.63, 3.8) is 0 Å². The van der Waals surface area contributed by atoms with E-state index in [9.17, 15) is 4.79 Å². The van der Waals surface area contributed by atoms with E-state index in [0.717, 1.165) is 30.0 Å². The predicted octanol–water partition coefficient (Wildman–Crippen LogP) is 1.83. The van der Waals surface area contributed by atoms with Crippen molar-refractivity contribution < 1.29 is 4.79 Å². The summed E-state index contributed by atoms with van der Waals surface area (Å²) in [5.41, 5.74) is 3.25. The monoisotopic (exact) mass is 286 g/mol. The molecule has 112 valence electrons. The molecule has 2 rings (SSSR count). The minimum Gasteiger partial charge on any atom is -0.352 e. The molecule has 0 spiro atoms. The molecule has 1 heterocycles. The van der Waals surface area contributed by atoms with Gasteiger partial charge in [-0.2, -0.15) is 5.10 Å². The second kappa shape index (κ2) is 7.04. The standard InChI is InChI=1S/C16H22N4O/c1-12-15(16(21)18-11-7-10-17-3)13(2)20(19-12)14-8-5-4-6-9-14/h4-6,8-9,17H,7,10-11H2,1-3H3,(H,18,21). The number of para-hydroxylation sites is 1. The molecule has 0 aliphatic rings. The molecule has 0 radical (unpaired) electrons. The number of aromatic nitrogens is 2. The Morgan fingerprint density at radius 1 is 1.19 bits per heavy atom. The van der Waals surface area contributed by atoms with Crippen LogP contribution in [0.3, 0.4) is 0 Å². The van der Waals surface area contributed by atoms with Gasteiger partial charge in [-0.25, -0.2) is 4.68 Å². The minimum atomic E-state index is -0.0525. The molecule has 5 nitrogen and oxygen atoms in total. The van der Waals surface area contributed by atoms with E-state index in [1.165, 1.54) is 0 Å². The molecule has 2 aromatic rings. The number of carbonyl (C=O) groups excluding carboxylic acids is 1. The van der Waals surface area contributed by atoms with E-state index >= 15 is 0 Å². The number of hydrogen-bond donors (Lipinski definition) is 2. The average molecular weight is 286 g/mol. The van der Waals surface area contributed by atoms with Gasteiger partial charge in [0.25, 0.3) is 5.91 Å². The third kappa shape index (κ3) is 3.49. The summed E-state index contributed by atoms with van der Waals surface area (Å²) in [5, 5.41) is 10.5. The fourth-order valence-corrected chi connectivity index (χ4v) is 2.35. The second-order valence-corrected chi connectivity index (χ2v) is 5.01. The Bertz CT molecular complexity index is 604. The Kier molecular flexibility index (Phi) is 5.11. The van der Waals surface area contributed by atoms with Crippen molar-refractivity contribution in [2.45, 2.75) is 20.3 Å². The Hall–Kier alpha value is -2.14. The molecule has 0 unspecified atom stereocenters. The van der Waals surface area contributed by atoms with Crippen molar-refractivity contribution in [3.8, 4) is 5.69 Å². The summed E-state index contributed by atoms with van der Waals surface area (Å²) in [5.74, 6) is -0.0525. The Morgan fingerprint density at radius 3 is 2.57 bits per heavy atom. The van der Waals surface area contributed by atoms with Crippen molar-refractivity contribution in [2.75, 3.05) is 20.1 Å². The maximum absolute atomic E-state index is 12.3. The highest BCUT2D eigenvalue weighted by molar-refractivity contribution is 5.96. The van der Waals surface area contributed by atoms with Gasteiger partial charge in [0.05, 0.1) is 22.6 Å². The topological polar surface area (TPSA) is 58.9 Å². The lowest BCUT2D eigenvalue weighted by Gasteiger charge is -2.06. The highest BCUT2D eigenvalue weighted by Crippen LogP contribution is 2.17. The molecule has 5 heteroatoms. The minimum absolute atomic E-state index is 0.0525. The number of carbonyl (C=O) groups is 1. The van der Waals surface area contributed by atoms with E-state index in [4.69, 9.17) is 0 Å². The summed E-state index contributed by atoms with van der Waals surface area (Å²) in [6.07, 6.45) is 0.910. The summed E-state index contributed by atoms with van der Waals surface area (Å²) >= 11 is 0. The van der Waals surface area contributed by atoms with Gasteiger partial charge in [-0.3, -0.25) is 4.79 Å². The maximum Gasteiger partial charge on any atom is 0.255 e. The van der Waals surface area contributed by atoms with E-state index in [1.807, 2.05) is 55.9 Å². The molecule has 0 aliphatic heterocycles. The normalized spacial score (nSPS) is 10.6. The third-order valence-electron chi connectivity index (χ3n) is 3.41. The first-order valence-electron chi connectivity index (χ1n) is 7.19. The Morgan fingerprint density at radius 2 is 1.90 bits per heavy atom. The number of hydrogen-bond acceptors (Lipinski definition) is 3. The van der Waals surface area contributed by atoms with Gasteiger partial charge in [0.15, 0.2) is 0 Å². The van der Waals surface area contributed by atoms with Gasteiger partial charge in [-0.15, -0.1) is 0 Å². The van der Waals surface area contributed by atoms with Gasteiger partial charge in [-0.05, 0) is 46.0 Å². The number of rotatable bonds is 6. The Labute approximate surface area is 125 Å². The number of benzene rings is 1. The van der Waals surface area contributed by atoms with Crippen molar-refractivity contribution in [2.24, 2.45) is 0 Å². The van der Waals surface area contributed by atoms with Crippen molar-refractivity contribution in [1.29, 1.82) is 0 Å². The van der Waals surface area contributed by atoms with Gasteiger partial charge < -0.3 is 10.6 Å². The second-order valence-electron chi connectivity index (χ2n) is 5.01. The van der Waals surface area contributed by atoms with Crippen molar-refractivity contribution >= 4 is 5.91 Å². The van der Waals surface area contributed by atoms with Gasteiger partial charge in [0.1, 0.15) is 0 Å². The number of nitrogens with zero attached hydrogens (tertiary/aromatic N) is 2. The first-order valence-corrected chi connectivity index (χ1v) is 7.19. The molecule has 0 aliphatic carbocycles. The van der Waals surface area contributed by atoms with Crippen LogP contribution in [0.5, 0.6) is 0 Å². The fourth-order valence-electron chi connectivity index (χ4n) is 2.35. The molecule has 1 aromatic heterocycles. The molecule has 0 fully saturated rings. The lowest BCUT2D eigenvalue weighted by molar-refractivity contribution is 0.0952. The molecule has 0 atom stereocenters. The van der Waals surface area contributed by atoms with Crippen LogP contribution in [0.15, 0.2) is 30.3 Å². The lowest BCUT2D eigenvalue weighted by atomic mass is 10.2. The molecule has 1 aromatic carbocycles. The van der Waals surface area contributed by atoms with Crippen LogP contribution in [-0.4, -0.2) is 35.8 Å². The van der Waals surface area contributed by atoms with E-state index in [2.05, 4.69) is 15.7 Å². The smallest absolute Gasteiger partial charge is 0.255 e. The maximum atomic E-state index is 12.3. The van der Waals surface area contributed by atoms with Gasteiger partial charge in [0, 0.05) is 6.54 Å². The van der Waals surface area contributed by atoms with Crippen LogP contribution in [0.4, 0.5) is 0 Å². The quantitative estimate of drug-likeness (QED) is 0.797. The molecule has 0 saturated carbocycles. The number of amides is 1. The van der Waals surface area contributed by atoms with Crippen molar-refractivity contribution in [3.05, 3.63) is 47.3 Å². The first-order chi connectivity index (χ1) is 10.1. The summed E-state index contributed by atoms with van der Waals surface area (Å²) in [7, 11) is 1.90. The van der Waals surface area contributed by atoms with Crippen LogP contribution in [0, 0.1) is 13.8 Å². The largest absolute Gasteiger partial charge is 0.352 e. The summed E-state index contributed by atoms with van der Waals surface area (Å²) in [6, 6.07) is 9.85. The zero-order valence-electron chi connectivity index (χ0n) is 12.8. The van der Waals surface area contributed by atoms with Crippen LogP contribution in [0.25, 0.3) is 5.69 Å². The molecule has 2 N–H and O–H groups in total. The van der Waals surface area contributed by atoms with Crippen LogP contribution in [-0.2, 0) is 0 Å². The lowest BCUT2D eigenvalue weighted by Crippen LogP contribution is -2.27. The number of aryl methyl sites for hydroxylation is 1. The predicted molar refractivity (Wildman–Crippen MR) is 83.9 cm³/mol. The molecular weight excluding hydrogens is 264 g/mol. The summed E-state index contributed by atoms with van der Waals surface area (Å²) in [4.78, 5) is 12.3. The van der Waals surface area contributed by atoms with Gasteiger partial charge >= 0.3 is 0 Å². The average Bonchev–Trinajstić information content (AvgIpc) is 2.79. The summed E-state index contributed by atoms with van der Waals surface area (Å²) in [6.45, 7) is 5.35. The van der Waals surface area contributed by atoms with Gasteiger partial charge in [0.2, 0.25) is 0 Å². The van der Waals surface area contributed by atoms with E-state index in [-0.39, 0.29) is 5.91 Å². The summed E-state index contributed by atoms with van der Waals surface area (Å²) < 4.78 is 1.82. The third-order valence-corrected chi connectivity index (χ3v) is 3.41. The van der Waals surface area contributed by atoms with Crippen LogP contribution in [0.2, 0.25) is 0 Å². The highest BCUT2D eigenvalue weighted by Gasteiger charge is 2.18. The van der Waals surface area contributed by atoms with E-state index in [1.54, 1.807) is 0 Å². The molecule has 1 amide bonds. The fraction of sp³-hybridized carbons (Fsp3) is 0.375. The van der Waals surface area contributed by atoms with Crippen LogP contribution < -0.4 is 10.6 Å². The zero-order chi connectivity index (χ0) is 15.2. The van der Waals surface area contributed by atoms with Crippen molar-refractivity contribution in [1.82, 2.24) is 20.4 Å². The van der Waals surface area contributed by atoms with Crippen LogP contribution >= 0.6 is 0 Å². The van der Waals surface area contributed by atoms with Gasteiger partial charge in [-0.1, -0.05) is 18.2 Å². The molecule has 21 heavy (non-hydrogen) atoms. The SMILES string of the molecule is CNCCCNC(=O)c1c(C)nn(-c2ccccc2)c1C. The Balaban J connectivity index is 2.18. The zero-order valence-corrected chi connectivity index (χ0v) is 12.8. The molecular formula is C16H22N4O. The van der Waals surface area contributed by atoms with E-state index < -0.39 is 0 Å². The van der Waals surface area contributed by atoms with E-state index in [0.29, 0.717) is 12.1 Å². The molecule has 0 bridgehead atoms. The van der Waals surface area contributed by atoms with Crippen LogP contribution in [0.1, 0.15) is 28.2 Å². The highest BCUT2D eigenvalue weighted by atomic mass is 16.1. The molecule has 0 saturated heterocycles. The number of nitrogens with one attached hydrogen (secondary N) is 2.